The summed E-state index contributed by atoms with van der Waals surface area (Å²) >= 11 is 1.14. The maximum Gasteiger partial charge on any atom is 0.274 e. The van der Waals surface area contributed by atoms with E-state index in [1.165, 1.54) is 0 Å². The molecule has 0 spiro atoms. The van der Waals surface area contributed by atoms with Crippen molar-refractivity contribution in [1.29, 1.82) is 0 Å². The van der Waals surface area contributed by atoms with Crippen molar-refractivity contribution in [3.8, 4) is 5.69 Å². The minimum atomic E-state index is -0.469. The molecule has 10 heteroatoms. The van der Waals surface area contributed by atoms with Crippen molar-refractivity contribution < 1.29 is 9.59 Å². The predicted molar refractivity (Wildman–Crippen MR) is 134 cm³/mol. The minimum Gasteiger partial charge on any atom is -0.347 e. The third-order valence-corrected chi connectivity index (χ3v) is 6.90. The van der Waals surface area contributed by atoms with Crippen molar-refractivity contribution in [2.24, 2.45) is 7.05 Å². The number of benzene rings is 2. The molecular weight excluding hydrogens is 464 g/mol. The van der Waals surface area contributed by atoms with Crippen LogP contribution in [0, 0.1) is 13.8 Å². The molecular formula is C25H22N6O3S. The molecule has 0 atom stereocenters. The van der Waals surface area contributed by atoms with E-state index in [4.69, 9.17) is 0 Å². The lowest BCUT2D eigenvalue weighted by Crippen LogP contribution is -2.33. The zero-order valence-electron chi connectivity index (χ0n) is 19.3. The molecule has 0 saturated heterocycles. The van der Waals surface area contributed by atoms with Crippen LogP contribution in [0.15, 0.2) is 70.7 Å². The van der Waals surface area contributed by atoms with Gasteiger partial charge in [-0.15, -0.1) is 10.2 Å². The number of thioether (sulfide) groups is 1. The Balaban J connectivity index is 1.54. The van der Waals surface area contributed by atoms with Gasteiger partial charge in [0.1, 0.15) is 5.69 Å². The number of fused-ring (bicyclic) bond motifs is 3. The SMILES string of the molecule is Cc1cccc(-n2c(=O)c3ccccc3n3c(SCC(=O)NC(=O)c4cccn4C)nnc23)c1C. The first kappa shape index (κ1) is 22.6. The van der Waals surface area contributed by atoms with Gasteiger partial charge in [0.2, 0.25) is 11.7 Å². The molecule has 0 unspecified atom stereocenters. The zero-order valence-corrected chi connectivity index (χ0v) is 20.2. The van der Waals surface area contributed by atoms with E-state index in [2.05, 4.69) is 15.5 Å². The van der Waals surface area contributed by atoms with Crippen LogP contribution < -0.4 is 10.9 Å². The number of hydrogen-bond acceptors (Lipinski definition) is 6. The van der Waals surface area contributed by atoms with Crippen molar-refractivity contribution in [3.05, 3.63) is 88.0 Å². The van der Waals surface area contributed by atoms with E-state index in [0.717, 1.165) is 28.6 Å². The molecule has 176 valence electrons. The van der Waals surface area contributed by atoms with E-state index in [0.29, 0.717) is 27.5 Å². The summed E-state index contributed by atoms with van der Waals surface area (Å²) in [6.07, 6.45) is 1.73. The summed E-state index contributed by atoms with van der Waals surface area (Å²) in [5.41, 5.74) is 3.57. The molecule has 9 nitrogen and oxygen atoms in total. The Morgan fingerprint density at radius 1 is 1.00 bits per heavy atom. The number of nitrogens with zero attached hydrogens (tertiary/aromatic N) is 5. The second-order valence-electron chi connectivity index (χ2n) is 8.17. The standard InChI is InChI=1S/C25H22N6O3S/c1-15-8-6-11-18(16(15)2)30-23(34)17-9-4-5-10-19(17)31-24(30)27-28-25(31)35-14-21(32)26-22(33)20-12-7-13-29(20)3/h4-13H,14H2,1-3H3,(H,26,32,33). The first-order valence-electron chi connectivity index (χ1n) is 10.9. The van der Waals surface area contributed by atoms with Gasteiger partial charge in [0.15, 0.2) is 5.16 Å². The van der Waals surface area contributed by atoms with Crippen LogP contribution >= 0.6 is 11.8 Å². The van der Waals surface area contributed by atoms with Gasteiger partial charge in [-0.2, -0.15) is 0 Å². The quantitative estimate of drug-likeness (QED) is 0.383. The van der Waals surface area contributed by atoms with Gasteiger partial charge in [-0.1, -0.05) is 36.0 Å². The van der Waals surface area contributed by atoms with Crippen molar-refractivity contribution >= 4 is 40.3 Å². The molecule has 2 amide bonds. The number of carbonyl (C=O) groups is 2. The van der Waals surface area contributed by atoms with Gasteiger partial charge >= 0.3 is 0 Å². The van der Waals surface area contributed by atoms with Crippen molar-refractivity contribution in [2.45, 2.75) is 19.0 Å². The highest BCUT2D eigenvalue weighted by Gasteiger charge is 2.20. The monoisotopic (exact) mass is 486 g/mol. The van der Waals surface area contributed by atoms with E-state index >= 15 is 0 Å². The van der Waals surface area contributed by atoms with Crippen LogP contribution in [0.5, 0.6) is 0 Å². The Morgan fingerprint density at radius 2 is 1.80 bits per heavy atom. The Morgan fingerprint density at radius 3 is 2.57 bits per heavy atom. The molecule has 5 rings (SSSR count). The number of nitrogens with one attached hydrogen (secondary N) is 1. The van der Waals surface area contributed by atoms with Gasteiger partial charge in [-0.05, 0) is 55.3 Å². The molecule has 3 heterocycles. The predicted octanol–water partition coefficient (Wildman–Crippen LogP) is 3.04. The molecule has 0 aliphatic carbocycles. The first-order valence-corrected chi connectivity index (χ1v) is 11.9. The maximum atomic E-state index is 13.5. The highest BCUT2D eigenvalue weighted by molar-refractivity contribution is 7.99. The summed E-state index contributed by atoms with van der Waals surface area (Å²) in [5, 5.41) is 12.0. The summed E-state index contributed by atoms with van der Waals surface area (Å²) in [5.74, 6) is -0.618. The molecule has 5 aromatic rings. The average Bonchev–Trinajstić information content (AvgIpc) is 3.47. The highest BCUT2D eigenvalue weighted by atomic mass is 32.2. The fourth-order valence-electron chi connectivity index (χ4n) is 4.02. The zero-order chi connectivity index (χ0) is 24.7. The molecule has 2 aromatic carbocycles. The molecule has 0 radical (unpaired) electrons. The van der Waals surface area contributed by atoms with Crippen LogP contribution in [0.3, 0.4) is 0 Å². The lowest BCUT2D eigenvalue weighted by Gasteiger charge is -2.14. The third-order valence-electron chi connectivity index (χ3n) is 5.97. The number of rotatable bonds is 5. The molecule has 3 aromatic heterocycles. The average molecular weight is 487 g/mol. The second-order valence-corrected chi connectivity index (χ2v) is 9.11. The molecule has 0 aliphatic heterocycles. The lowest BCUT2D eigenvalue weighted by molar-refractivity contribution is -0.117. The minimum absolute atomic E-state index is 0.0477. The highest BCUT2D eigenvalue weighted by Crippen LogP contribution is 2.25. The van der Waals surface area contributed by atoms with Gasteiger partial charge in [0, 0.05) is 13.2 Å². The number of para-hydroxylation sites is 1. The van der Waals surface area contributed by atoms with Gasteiger partial charge in [0.25, 0.3) is 11.5 Å². The second kappa shape index (κ2) is 8.88. The number of amides is 2. The number of aryl methyl sites for hydroxylation is 2. The van der Waals surface area contributed by atoms with Gasteiger partial charge in [-0.3, -0.25) is 24.1 Å². The molecule has 0 aliphatic rings. The van der Waals surface area contributed by atoms with Crippen molar-refractivity contribution in [2.75, 3.05) is 5.75 Å². The summed E-state index contributed by atoms with van der Waals surface area (Å²) < 4.78 is 4.97. The smallest absolute Gasteiger partial charge is 0.274 e. The molecule has 0 fully saturated rings. The van der Waals surface area contributed by atoms with Crippen LogP contribution in [-0.2, 0) is 11.8 Å². The summed E-state index contributed by atoms with van der Waals surface area (Å²) in [6.45, 7) is 3.95. The largest absolute Gasteiger partial charge is 0.347 e. The fourth-order valence-corrected chi connectivity index (χ4v) is 4.76. The Labute approximate surface area is 204 Å². The molecule has 1 N–H and O–H groups in total. The summed E-state index contributed by atoms with van der Waals surface area (Å²) in [4.78, 5) is 38.4. The van der Waals surface area contributed by atoms with E-state index in [1.807, 2.05) is 50.2 Å². The summed E-state index contributed by atoms with van der Waals surface area (Å²) in [7, 11) is 1.73. The van der Waals surface area contributed by atoms with Gasteiger partial charge in [0.05, 0.1) is 22.3 Å². The van der Waals surface area contributed by atoms with Crippen molar-refractivity contribution in [1.82, 2.24) is 29.0 Å². The first-order chi connectivity index (χ1) is 16.9. The van der Waals surface area contributed by atoms with Crippen LogP contribution in [0.4, 0.5) is 0 Å². The fraction of sp³-hybridized carbons (Fsp3) is 0.160. The molecule has 0 bridgehead atoms. The third kappa shape index (κ3) is 3.91. The lowest BCUT2D eigenvalue weighted by atomic mass is 10.1. The van der Waals surface area contributed by atoms with Crippen LogP contribution in [0.2, 0.25) is 0 Å². The Hall–Kier alpha value is -4.18. The maximum absolute atomic E-state index is 13.5. The molecule has 35 heavy (non-hydrogen) atoms. The number of imide groups is 1. The van der Waals surface area contributed by atoms with Crippen LogP contribution in [-0.4, -0.2) is 41.3 Å². The van der Waals surface area contributed by atoms with E-state index in [9.17, 15) is 14.4 Å². The van der Waals surface area contributed by atoms with E-state index in [-0.39, 0.29) is 11.3 Å². The number of carbonyl (C=O) groups excluding carboxylic acids is 2. The number of hydrogen-bond donors (Lipinski definition) is 1. The van der Waals surface area contributed by atoms with Gasteiger partial charge in [-0.25, -0.2) is 4.57 Å². The van der Waals surface area contributed by atoms with E-state index < -0.39 is 11.8 Å². The molecule has 0 saturated carbocycles. The number of aromatic nitrogens is 5. The van der Waals surface area contributed by atoms with Crippen molar-refractivity contribution in [3.63, 3.8) is 0 Å². The summed E-state index contributed by atoms with van der Waals surface area (Å²) in [6, 6.07) is 16.4. The topological polar surface area (TPSA) is 103 Å². The van der Waals surface area contributed by atoms with Crippen LogP contribution in [0.1, 0.15) is 21.6 Å². The Bertz CT molecular complexity index is 1680. The van der Waals surface area contributed by atoms with Gasteiger partial charge < -0.3 is 4.57 Å². The van der Waals surface area contributed by atoms with Crippen LogP contribution in [0.25, 0.3) is 22.4 Å². The normalized spacial score (nSPS) is 11.3. The Kier molecular flexibility index (Phi) is 5.73. The van der Waals surface area contributed by atoms with E-state index in [1.54, 1.807) is 45.0 Å².